The van der Waals surface area contributed by atoms with Crippen molar-refractivity contribution in [2.75, 3.05) is 17.3 Å². The highest BCUT2D eigenvalue weighted by atomic mass is 32.2. The summed E-state index contributed by atoms with van der Waals surface area (Å²) in [6.07, 6.45) is 0. The molecule has 1 aromatic carbocycles. The fourth-order valence-electron chi connectivity index (χ4n) is 2.64. The Labute approximate surface area is 128 Å². The molecular weight excluding hydrogens is 332 g/mol. The molecule has 122 valence electrons. The summed E-state index contributed by atoms with van der Waals surface area (Å²) in [5.74, 6) is -0.640. The van der Waals surface area contributed by atoms with E-state index in [4.69, 9.17) is 0 Å². The van der Waals surface area contributed by atoms with E-state index < -0.39 is 30.2 Å². The number of hydrogen-bond donors (Lipinski definition) is 1. The Morgan fingerprint density at radius 2 is 1.91 bits per heavy atom. The third kappa shape index (κ3) is 4.02. The molecule has 0 unspecified atom stereocenters. The highest BCUT2D eigenvalue weighted by Crippen LogP contribution is 2.33. The average Bonchev–Trinajstić information content (AvgIpc) is 2.33. The Hall–Kier alpha value is -1.52. The molecule has 0 amide bonds. The summed E-state index contributed by atoms with van der Waals surface area (Å²) in [4.78, 5) is 10.3. The van der Waals surface area contributed by atoms with Crippen LogP contribution in [0, 0.1) is 15.5 Å². The number of rotatable bonds is 6. The maximum atomic E-state index is 12.0. The van der Waals surface area contributed by atoms with Gasteiger partial charge in [-0.05, 0) is 0 Å². The number of sulfone groups is 1. The van der Waals surface area contributed by atoms with E-state index in [-0.39, 0.29) is 35.1 Å². The Bertz CT molecular complexity index is 789. The molecule has 1 N–H and O–H groups in total. The minimum absolute atomic E-state index is 0.160. The molecule has 1 aliphatic rings. The number of nitrogens with zero attached hydrogens (tertiary/aromatic N) is 1. The van der Waals surface area contributed by atoms with Crippen molar-refractivity contribution in [2.45, 2.75) is 13.5 Å². The van der Waals surface area contributed by atoms with Crippen molar-refractivity contribution in [3.63, 3.8) is 0 Å². The van der Waals surface area contributed by atoms with Crippen LogP contribution in [-0.4, -0.2) is 39.0 Å². The van der Waals surface area contributed by atoms with Gasteiger partial charge >= 0.3 is 0 Å². The van der Waals surface area contributed by atoms with Crippen LogP contribution < -0.4 is 4.72 Å². The quantitative estimate of drug-likeness (QED) is 0.588. The van der Waals surface area contributed by atoms with E-state index in [1.807, 2.05) is 0 Å². The van der Waals surface area contributed by atoms with Gasteiger partial charge in [0.05, 0.1) is 22.2 Å². The molecule has 1 heterocycles. The van der Waals surface area contributed by atoms with Crippen molar-refractivity contribution >= 4 is 25.5 Å². The zero-order valence-electron chi connectivity index (χ0n) is 11.9. The number of benzene rings is 1. The SMILES string of the molecule is CC1(CS(=O)(=O)NCc2ccccc2[N+](=O)[O-])CS(=O)(=O)C1. The first kappa shape index (κ1) is 16.8. The van der Waals surface area contributed by atoms with E-state index >= 15 is 0 Å². The number of nitro groups is 1. The van der Waals surface area contributed by atoms with Crippen molar-refractivity contribution in [2.24, 2.45) is 5.41 Å². The normalized spacial score (nSPS) is 19.3. The van der Waals surface area contributed by atoms with Crippen LogP contribution in [0.4, 0.5) is 5.69 Å². The van der Waals surface area contributed by atoms with Crippen molar-refractivity contribution in [1.82, 2.24) is 4.72 Å². The van der Waals surface area contributed by atoms with Crippen LogP contribution in [0.5, 0.6) is 0 Å². The zero-order valence-corrected chi connectivity index (χ0v) is 13.5. The van der Waals surface area contributed by atoms with Crippen molar-refractivity contribution in [3.05, 3.63) is 39.9 Å². The number of hydrogen-bond acceptors (Lipinski definition) is 6. The van der Waals surface area contributed by atoms with Crippen molar-refractivity contribution in [3.8, 4) is 0 Å². The van der Waals surface area contributed by atoms with E-state index in [0.717, 1.165) is 0 Å². The lowest BCUT2D eigenvalue weighted by molar-refractivity contribution is -0.385. The second-order valence-corrected chi connectivity index (χ2v) is 9.68. The van der Waals surface area contributed by atoms with E-state index in [2.05, 4.69) is 4.72 Å². The predicted molar refractivity (Wildman–Crippen MR) is 80.5 cm³/mol. The lowest BCUT2D eigenvalue weighted by Gasteiger charge is -2.37. The number of para-hydroxylation sites is 1. The molecule has 0 spiro atoms. The van der Waals surface area contributed by atoms with Gasteiger partial charge in [-0.25, -0.2) is 21.6 Å². The maximum Gasteiger partial charge on any atom is 0.273 e. The molecule has 0 bridgehead atoms. The second-order valence-electron chi connectivity index (χ2n) is 5.81. The first-order valence-corrected chi connectivity index (χ1v) is 9.89. The predicted octanol–water partition coefficient (Wildman–Crippen LogP) is 0.449. The van der Waals surface area contributed by atoms with Gasteiger partial charge in [0, 0.05) is 23.6 Å². The summed E-state index contributed by atoms with van der Waals surface area (Å²) < 4.78 is 48.7. The number of nitrogens with one attached hydrogen (secondary N) is 1. The fraction of sp³-hybridized carbons (Fsp3) is 0.500. The molecule has 1 fully saturated rings. The van der Waals surface area contributed by atoms with Gasteiger partial charge in [-0.2, -0.15) is 0 Å². The smallest absolute Gasteiger partial charge is 0.258 e. The van der Waals surface area contributed by atoms with Gasteiger partial charge in [0.15, 0.2) is 9.84 Å². The van der Waals surface area contributed by atoms with Gasteiger partial charge in [0.25, 0.3) is 5.69 Å². The Morgan fingerprint density at radius 3 is 2.45 bits per heavy atom. The van der Waals surface area contributed by atoms with Gasteiger partial charge < -0.3 is 0 Å². The van der Waals surface area contributed by atoms with Crippen LogP contribution >= 0.6 is 0 Å². The summed E-state index contributed by atoms with van der Waals surface area (Å²) in [7, 11) is -6.86. The molecule has 2 rings (SSSR count). The largest absolute Gasteiger partial charge is 0.273 e. The van der Waals surface area contributed by atoms with E-state index in [0.29, 0.717) is 0 Å². The second kappa shape index (κ2) is 5.60. The molecule has 10 heteroatoms. The fourth-order valence-corrected chi connectivity index (χ4v) is 6.74. The summed E-state index contributed by atoms with van der Waals surface area (Å²) in [5.41, 5.74) is -0.710. The van der Waals surface area contributed by atoms with Crippen molar-refractivity contribution in [1.29, 1.82) is 0 Å². The lowest BCUT2D eigenvalue weighted by Crippen LogP contribution is -2.52. The lowest BCUT2D eigenvalue weighted by atomic mass is 9.98. The maximum absolute atomic E-state index is 12.0. The minimum atomic E-state index is -3.73. The van der Waals surface area contributed by atoms with Gasteiger partial charge in [0.2, 0.25) is 10.0 Å². The Kier molecular flexibility index (Phi) is 4.28. The third-order valence-corrected chi connectivity index (χ3v) is 7.28. The molecular formula is C12H16N2O6S2. The van der Waals surface area contributed by atoms with E-state index in [1.165, 1.54) is 18.2 Å². The first-order chi connectivity index (χ1) is 10.0. The molecule has 0 atom stereocenters. The summed E-state index contributed by atoms with van der Waals surface area (Å²) in [6.45, 7) is 1.39. The summed E-state index contributed by atoms with van der Waals surface area (Å²) >= 11 is 0. The topological polar surface area (TPSA) is 123 Å². The van der Waals surface area contributed by atoms with Crippen LogP contribution in [0.3, 0.4) is 0 Å². The van der Waals surface area contributed by atoms with Gasteiger partial charge in [-0.1, -0.05) is 25.1 Å². The minimum Gasteiger partial charge on any atom is -0.258 e. The average molecular weight is 348 g/mol. The van der Waals surface area contributed by atoms with E-state index in [1.54, 1.807) is 13.0 Å². The van der Waals surface area contributed by atoms with Crippen LogP contribution in [0.25, 0.3) is 0 Å². The molecule has 1 aromatic rings. The molecule has 1 saturated heterocycles. The molecule has 22 heavy (non-hydrogen) atoms. The van der Waals surface area contributed by atoms with E-state index in [9.17, 15) is 26.9 Å². The standard InChI is InChI=1S/C12H16N2O6S2/c1-12(7-21(17,18)8-12)9-22(19,20)13-6-10-4-2-3-5-11(10)14(15)16/h2-5,13H,6-9H2,1H3. The van der Waals surface area contributed by atoms with Crippen LogP contribution in [-0.2, 0) is 26.4 Å². The van der Waals surface area contributed by atoms with Crippen molar-refractivity contribution < 1.29 is 21.8 Å². The number of nitro benzene ring substituents is 1. The molecule has 0 radical (unpaired) electrons. The van der Waals surface area contributed by atoms with Crippen LogP contribution in [0.15, 0.2) is 24.3 Å². The van der Waals surface area contributed by atoms with Crippen LogP contribution in [0.1, 0.15) is 12.5 Å². The highest BCUT2D eigenvalue weighted by Gasteiger charge is 2.47. The van der Waals surface area contributed by atoms with Gasteiger partial charge in [0.1, 0.15) is 0 Å². The number of sulfonamides is 1. The van der Waals surface area contributed by atoms with Crippen LogP contribution in [0.2, 0.25) is 0 Å². The summed E-state index contributed by atoms with van der Waals surface area (Å²) in [5, 5.41) is 10.9. The molecule has 8 nitrogen and oxygen atoms in total. The molecule has 1 aliphatic heterocycles. The molecule has 0 aromatic heterocycles. The summed E-state index contributed by atoms with van der Waals surface area (Å²) in [6, 6.07) is 5.84. The highest BCUT2D eigenvalue weighted by molar-refractivity contribution is 7.93. The van der Waals surface area contributed by atoms with Gasteiger partial charge in [-0.15, -0.1) is 0 Å². The zero-order chi connectivity index (χ0) is 16.6. The molecule has 0 aliphatic carbocycles. The first-order valence-electron chi connectivity index (χ1n) is 6.42. The monoisotopic (exact) mass is 348 g/mol. The Morgan fingerprint density at radius 1 is 1.32 bits per heavy atom. The Balaban J connectivity index is 2.04. The molecule has 0 saturated carbocycles. The third-order valence-electron chi connectivity index (χ3n) is 3.35. The van der Waals surface area contributed by atoms with Gasteiger partial charge in [-0.3, -0.25) is 10.1 Å².